The standard InChI is InChI=1S/C22H15F3N6O/c23-22(24,25)15-2-4-16(5-3-15)31-12-14(10-28-31)13-1-6-18-17(9-13)20(11-26-18)29-21(32)19-7-8-27-30-19/h1-12,26H,(H,27,30)(H,29,32). The van der Waals surface area contributed by atoms with Gasteiger partial charge in [0, 0.05) is 35.1 Å². The number of carbonyl (C=O) groups excluding carboxylic acids is 1. The first kappa shape index (κ1) is 19.6. The van der Waals surface area contributed by atoms with Crippen molar-refractivity contribution in [1.82, 2.24) is 25.0 Å². The molecule has 0 spiro atoms. The van der Waals surface area contributed by atoms with Gasteiger partial charge in [0.2, 0.25) is 0 Å². The highest BCUT2D eigenvalue weighted by Gasteiger charge is 2.30. The van der Waals surface area contributed by atoms with E-state index in [1.165, 1.54) is 23.0 Å². The molecule has 7 nitrogen and oxygen atoms in total. The van der Waals surface area contributed by atoms with Crippen LogP contribution in [0.25, 0.3) is 27.7 Å². The van der Waals surface area contributed by atoms with Crippen LogP contribution in [0.15, 0.2) is 73.3 Å². The smallest absolute Gasteiger partial charge is 0.359 e. The molecule has 0 fully saturated rings. The molecule has 10 heteroatoms. The fourth-order valence-corrected chi connectivity index (χ4v) is 3.39. The minimum absolute atomic E-state index is 0.316. The van der Waals surface area contributed by atoms with Crippen LogP contribution in [0, 0.1) is 0 Å². The van der Waals surface area contributed by atoms with E-state index in [9.17, 15) is 18.0 Å². The first-order valence-electron chi connectivity index (χ1n) is 9.53. The van der Waals surface area contributed by atoms with Crippen molar-refractivity contribution in [3.8, 4) is 16.8 Å². The number of aromatic nitrogens is 5. The molecule has 160 valence electrons. The molecule has 1 amide bonds. The maximum Gasteiger partial charge on any atom is 0.416 e. The predicted octanol–water partition coefficient (Wildman–Crippen LogP) is 5.01. The first-order valence-corrected chi connectivity index (χ1v) is 9.53. The van der Waals surface area contributed by atoms with Crippen LogP contribution in [-0.2, 0) is 6.18 Å². The van der Waals surface area contributed by atoms with Gasteiger partial charge in [-0.15, -0.1) is 0 Å². The number of hydrogen-bond acceptors (Lipinski definition) is 3. The van der Waals surface area contributed by atoms with Gasteiger partial charge in [-0.3, -0.25) is 9.89 Å². The molecule has 3 aromatic heterocycles. The minimum atomic E-state index is -4.38. The predicted molar refractivity (Wildman–Crippen MR) is 112 cm³/mol. The van der Waals surface area contributed by atoms with Crippen molar-refractivity contribution in [3.05, 3.63) is 84.6 Å². The van der Waals surface area contributed by atoms with Crippen molar-refractivity contribution in [3.63, 3.8) is 0 Å². The number of hydrogen-bond donors (Lipinski definition) is 3. The van der Waals surface area contributed by atoms with E-state index in [0.29, 0.717) is 17.1 Å². The zero-order chi connectivity index (χ0) is 22.3. The number of amides is 1. The highest BCUT2D eigenvalue weighted by atomic mass is 19.4. The van der Waals surface area contributed by atoms with Crippen LogP contribution in [0.2, 0.25) is 0 Å². The molecule has 0 aliphatic heterocycles. The molecule has 0 bridgehead atoms. The Hall–Kier alpha value is -4.34. The Labute approximate surface area is 178 Å². The van der Waals surface area contributed by atoms with Crippen molar-refractivity contribution in [2.75, 3.05) is 5.32 Å². The van der Waals surface area contributed by atoms with Crippen molar-refractivity contribution in [2.24, 2.45) is 0 Å². The molecule has 2 aromatic carbocycles. The highest BCUT2D eigenvalue weighted by molar-refractivity contribution is 6.08. The molecule has 3 N–H and O–H groups in total. The maximum atomic E-state index is 12.8. The topological polar surface area (TPSA) is 91.4 Å². The zero-order valence-electron chi connectivity index (χ0n) is 16.3. The molecule has 0 aliphatic rings. The summed E-state index contributed by atoms with van der Waals surface area (Å²) in [5.74, 6) is -0.316. The van der Waals surface area contributed by atoms with Crippen LogP contribution in [0.5, 0.6) is 0 Å². The minimum Gasteiger partial charge on any atom is -0.359 e. The van der Waals surface area contributed by atoms with Gasteiger partial charge >= 0.3 is 6.18 Å². The number of anilines is 1. The van der Waals surface area contributed by atoms with Crippen LogP contribution in [0.3, 0.4) is 0 Å². The molecule has 0 atom stereocenters. The molecule has 5 rings (SSSR count). The summed E-state index contributed by atoms with van der Waals surface area (Å²) < 4.78 is 39.9. The highest BCUT2D eigenvalue weighted by Crippen LogP contribution is 2.31. The third kappa shape index (κ3) is 3.62. The van der Waals surface area contributed by atoms with Crippen molar-refractivity contribution < 1.29 is 18.0 Å². The van der Waals surface area contributed by atoms with Crippen LogP contribution >= 0.6 is 0 Å². The summed E-state index contributed by atoms with van der Waals surface area (Å²) >= 11 is 0. The lowest BCUT2D eigenvalue weighted by molar-refractivity contribution is -0.137. The van der Waals surface area contributed by atoms with E-state index in [-0.39, 0.29) is 5.91 Å². The van der Waals surface area contributed by atoms with Crippen LogP contribution in [0.1, 0.15) is 16.1 Å². The fraction of sp³-hybridized carbons (Fsp3) is 0.0455. The number of fused-ring (bicyclic) bond motifs is 1. The lowest BCUT2D eigenvalue weighted by atomic mass is 10.1. The quantitative estimate of drug-likeness (QED) is 0.370. The molecule has 0 radical (unpaired) electrons. The Morgan fingerprint density at radius 2 is 1.84 bits per heavy atom. The average Bonchev–Trinajstić information content (AvgIpc) is 3.54. The number of alkyl halides is 3. The summed E-state index contributed by atoms with van der Waals surface area (Å²) in [4.78, 5) is 15.5. The van der Waals surface area contributed by atoms with E-state index in [1.54, 1.807) is 24.7 Å². The van der Waals surface area contributed by atoms with E-state index in [2.05, 4.69) is 25.6 Å². The molecule has 0 unspecified atom stereocenters. The number of rotatable bonds is 4. The number of nitrogens with zero attached hydrogens (tertiary/aromatic N) is 3. The summed E-state index contributed by atoms with van der Waals surface area (Å²) in [6.45, 7) is 0. The van der Waals surface area contributed by atoms with Gasteiger partial charge in [-0.1, -0.05) is 6.07 Å². The Morgan fingerprint density at radius 1 is 1.03 bits per heavy atom. The average molecular weight is 436 g/mol. The van der Waals surface area contributed by atoms with Crippen LogP contribution < -0.4 is 5.32 Å². The molecule has 32 heavy (non-hydrogen) atoms. The molecule has 0 saturated carbocycles. The Bertz CT molecular complexity index is 1400. The summed E-state index contributed by atoms with van der Waals surface area (Å²) in [6, 6.07) is 12.1. The monoisotopic (exact) mass is 436 g/mol. The van der Waals surface area contributed by atoms with Crippen molar-refractivity contribution >= 4 is 22.5 Å². The summed E-state index contributed by atoms with van der Waals surface area (Å²) in [7, 11) is 0. The number of carbonyl (C=O) groups is 1. The summed E-state index contributed by atoms with van der Waals surface area (Å²) in [5.41, 5.74) is 3.20. The lowest BCUT2D eigenvalue weighted by Crippen LogP contribution is -2.11. The van der Waals surface area contributed by atoms with Gasteiger partial charge in [-0.2, -0.15) is 23.4 Å². The molecular formula is C22H15F3N6O. The normalized spacial score (nSPS) is 11.7. The first-order chi connectivity index (χ1) is 15.4. The fourth-order valence-electron chi connectivity index (χ4n) is 3.39. The van der Waals surface area contributed by atoms with Gasteiger partial charge in [0.1, 0.15) is 5.69 Å². The second kappa shape index (κ2) is 7.41. The van der Waals surface area contributed by atoms with Gasteiger partial charge in [-0.05, 0) is 48.0 Å². The SMILES string of the molecule is O=C(Nc1c[nH]c2ccc(-c3cnn(-c4ccc(C(F)(F)F)cc4)c3)cc12)c1ccn[nH]1. The second-order valence-electron chi connectivity index (χ2n) is 7.11. The van der Waals surface area contributed by atoms with E-state index >= 15 is 0 Å². The van der Waals surface area contributed by atoms with Crippen LogP contribution in [0.4, 0.5) is 18.9 Å². The van der Waals surface area contributed by atoms with Gasteiger partial charge in [0.05, 0.1) is 23.1 Å². The summed E-state index contributed by atoms with van der Waals surface area (Å²) in [6.07, 6.45) is 2.18. The summed E-state index contributed by atoms with van der Waals surface area (Å²) in [5, 5.41) is 14.3. The van der Waals surface area contributed by atoms with Crippen molar-refractivity contribution in [1.29, 1.82) is 0 Å². The Morgan fingerprint density at radius 3 is 2.56 bits per heavy atom. The Balaban J connectivity index is 1.43. The maximum absolute atomic E-state index is 12.8. The second-order valence-corrected chi connectivity index (χ2v) is 7.11. The van der Waals surface area contributed by atoms with Crippen molar-refractivity contribution in [2.45, 2.75) is 6.18 Å². The molecular weight excluding hydrogens is 421 g/mol. The van der Waals surface area contributed by atoms with E-state index in [0.717, 1.165) is 34.2 Å². The van der Waals surface area contributed by atoms with Gasteiger partial charge < -0.3 is 10.3 Å². The molecule has 0 saturated heterocycles. The zero-order valence-corrected chi connectivity index (χ0v) is 16.3. The van der Waals surface area contributed by atoms with E-state index in [1.807, 2.05) is 18.2 Å². The number of aromatic amines is 2. The van der Waals surface area contributed by atoms with Crippen LogP contribution in [-0.4, -0.2) is 30.9 Å². The number of H-pyrrole nitrogens is 2. The molecule has 5 aromatic rings. The lowest BCUT2D eigenvalue weighted by Gasteiger charge is -2.07. The number of halogens is 3. The van der Waals surface area contributed by atoms with E-state index < -0.39 is 11.7 Å². The Kier molecular flexibility index (Phi) is 4.54. The van der Waals surface area contributed by atoms with Gasteiger partial charge in [0.15, 0.2) is 0 Å². The molecule has 3 heterocycles. The largest absolute Gasteiger partial charge is 0.416 e. The van der Waals surface area contributed by atoms with Gasteiger partial charge in [0.25, 0.3) is 5.91 Å². The third-order valence-corrected chi connectivity index (χ3v) is 5.05. The third-order valence-electron chi connectivity index (χ3n) is 5.05. The van der Waals surface area contributed by atoms with E-state index in [4.69, 9.17) is 0 Å². The number of nitrogens with one attached hydrogen (secondary N) is 3. The number of benzene rings is 2. The molecule has 0 aliphatic carbocycles. The van der Waals surface area contributed by atoms with Gasteiger partial charge in [-0.25, -0.2) is 4.68 Å².